The average molecular weight is 328 g/mol. The summed E-state index contributed by atoms with van der Waals surface area (Å²) in [7, 11) is 0. The molecule has 2 aromatic rings. The summed E-state index contributed by atoms with van der Waals surface area (Å²) >= 11 is 0. The summed E-state index contributed by atoms with van der Waals surface area (Å²) in [5.41, 5.74) is -0.182. The number of aromatic nitrogens is 1. The number of rotatable bonds is 1. The normalized spacial score (nSPS) is 16.3. The predicted molar refractivity (Wildman–Crippen MR) is 94.7 cm³/mol. The Morgan fingerprint density at radius 2 is 1.88 bits per heavy atom. The Morgan fingerprint density at radius 1 is 1.21 bits per heavy atom. The summed E-state index contributed by atoms with van der Waals surface area (Å²) in [6.45, 7) is 7.20. The van der Waals surface area contributed by atoms with Gasteiger partial charge in [0.1, 0.15) is 5.60 Å². The topological polar surface area (TPSA) is 60.3 Å². The lowest BCUT2D eigenvalue weighted by molar-refractivity contribution is 0.0523. The smallest absolute Gasteiger partial charge is 0.421 e. The fraction of sp³-hybridized carbons (Fsp3) is 0.474. The van der Waals surface area contributed by atoms with Crippen LogP contribution in [-0.2, 0) is 4.74 Å². The van der Waals surface area contributed by atoms with Crippen molar-refractivity contribution in [2.75, 3.05) is 13.1 Å². The SMILES string of the molecule is CC(C)(C)OC(=O)n1c(C2CCNCC2)cc2ccccc2c1=O. The Kier molecular flexibility index (Phi) is 4.45. The third-order valence-corrected chi connectivity index (χ3v) is 4.29. The number of carbonyl (C=O) groups excluding carboxylic acids is 1. The van der Waals surface area contributed by atoms with E-state index in [4.69, 9.17) is 4.74 Å². The third-order valence-electron chi connectivity index (χ3n) is 4.29. The molecule has 0 saturated carbocycles. The van der Waals surface area contributed by atoms with Gasteiger partial charge in [-0.05, 0) is 64.2 Å². The van der Waals surface area contributed by atoms with Crippen LogP contribution in [0.25, 0.3) is 10.8 Å². The van der Waals surface area contributed by atoms with Crippen LogP contribution in [-0.4, -0.2) is 29.4 Å². The number of benzene rings is 1. The van der Waals surface area contributed by atoms with Crippen LogP contribution < -0.4 is 10.9 Å². The molecule has 1 aliphatic heterocycles. The van der Waals surface area contributed by atoms with Gasteiger partial charge in [-0.1, -0.05) is 18.2 Å². The maximum absolute atomic E-state index is 13.0. The predicted octanol–water partition coefficient (Wildman–Crippen LogP) is 3.25. The molecule has 0 radical (unpaired) electrons. The lowest BCUT2D eigenvalue weighted by Gasteiger charge is -2.27. The maximum atomic E-state index is 13.0. The van der Waals surface area contributed by atoms with Crippen LogP contribution in [0.4, 0.5) is 4.79 Å². The van der Waals surface area contributed by atoms with Gasteiger partial charge >= 0.3 is 6.09 Å². The van der Waals surface area contributed by atoms with E-state index in [9.17, 15) is 9.59 Å². The Balaban J connectivity index is 2.17. The lowest BCUT2D eigenvalue weighted by Crippen LogP contribution is -2.37. The van der Waals surface area contributed by atoms with Gasteiger partial charge in [-0.15, -0.1) is 0 Å². The average Bonchev–Trinajstić information content (AvgIpc) is 2.54. The van der Waals surface area contributed by atoms with Gasteiger partial charge in [0.05, 0.1) is 0 Å². The van der Waals surface area contributed by atoms with E-state index in [0.717, 1.165) is 37.0 Å². The van der Waals surface area contributed by atoms with Crippen molar-refractivity contribution in [1.29, 1.82) is 0 Å². The summed E-state index contributed by atoms with van der Waals surface area (Å²) in [5, 5.41) is 4.73. The van der Waals surface area contributed by atoms with Crippen molar-refractivity contribution in [3.8, 4) is 0 Å². The number of carbonyl (C=O) groups is 1. The number of ether oxygens (including phenoxy) is 1. The van der Waals surface area contributed by atoms with Crippen LogP contribution in [0.15, 0.2) is 35.1 Å². The largest absolute Gasteiger partial charge is 0.443 e. The number of fused-ring (bicyclic) bond motifs is 1. The molecule has 0 atom stereocenters. The van der Waals surface area contributed by atoms with Gasteiger partial charge in [0.15, 0.2) is 0 Å². The zero-order valence-corrected chi connectivity index (χ0v) is 14.5. The van der Waals surface area contributed by atoms with Crippen LogP contribution in [0.3, 0.4) is 0 Å². The molecule has 1 saturated heterocycles. The van der Waals surface area contributed by atoms with Crippen molar-refractivity contribution in [3.63, 3.8) is 0 Å². The van der Waals surface area contributed by atoms with Gasteiger partial charge in [-0.3, -0.25) is 4.79 Å². The van der Waals surface area contributed by atoms with E-state index in [1.54, 1.807) is 26.8 Å². The van der Waals surface area contributed by atoms with E-state index in [0.29, 0.717) is 5.39 Å². The quantitative estimate of drug-likeness (QED) is 0.873. The second-order valence-electron chi connectivity index (χ2n) is 7.30. The van der Waals surface area contributed by atoms with Crippen LogP contribution in [0, 0.1) is 0 Å². The molecule has 3 rings (SSSR count). The third kappa shape index (κ3) is 3.36. The van der Waals surface area contributed by atoms with Gasteiger partial charge in [0, 0.05) is 17.0 Å². The Bertz CT molecular complexity index is 811. The molecule has 0 amide bonds. The molecule has 1 aromatic heterocycles. The fourth-order valence-electron chi connectivity index (χ4n) is 3.19. The monoisotopic (exact) mass is 328 g/mol. The van der Waals surface area contributed by atoms with Crippen molar-refractivity contribution in [2.24, 2.45) is 0 Å². The van der Waals surface area contributed by atoms with Gasteiger partial charge in [-0.25, -0.2) is 9.36 Å². The Hall–Kier alpha value is -2.14. The first-order valence-corrected chi connectivity index (χ1v) is 8.45. The van der Waals surface area contributed by atoms with Gasteiger partial charge in [0.25, 0.3) is 5.56 Å². The lowest BCUT2D eigenvalue weighted by atomic mass is 9.92. The van der Waals surface area contributed by atoms with Crippen molar-refractivity contribution < 1.29 is 9.53 Å². The first-order chi connectivity index (χ1) is 11.4. The van der Waals surface area contributed by atoms with Crippen molar-refractivity contribution in [2.45, 2.75) is 45.1 Å². The molecule has 128 valence electrons. The van der Waals surface area contributed by atoms with E-state index in [1.807, 2.05) is 24.3 Å². The van der Waals surface area contributed by atoms with Crippen LogP contribution >= 0.6 is 0 Å². The minimum Gasteiger partial charge on any atom is -0.443 e. The zero-order chi connectivity index (χ0) is 17.3. The highest BCUT2D eigenvalue weighted by Gasteiger charge is 2.26. The molecule has 1 fully saturated rings. The second kappa shape index (κ2) is 6.40. The molecule has 0 aliphatic carbocycles. The van der Waals surface area contributed by atoms with Crippen molar-refractivity contribution in [1.82, 2.24) is 9.88 Å². The zero-order valence-electron chi connectivity index (χ0n) is 14.5. The molecule has 0 spiro atoms. The summed E-state index contributed by atoms with van der Waals surface area (Å²) in [5.74, 6) is 0.177. The molecule has 2 heterocycles. The number of hydrogen-bond acceptors (Lipinski definition) is 4. The van der Waals surface area contributed by atoms with E-state index in [-0.39, 0.29) is 11.5 Å². The van der Waals surface area contributed by atoms with Crippen LogP contribution in [0.5, 0.6) is 0 Å². The number of nitrogens with one attached hydrogen (secondary N) is 1. The van der Waals surface area contributed by atoms with Crippen LogP contribution in [0.1, 0.15) is 45.2 Å². The molecule has 5 nitrogen and oxygen atoms in total. The number of pyridine rings is 1. The first-order valence-electron chi connectivity index (χ1n) is 8.45. The molecule has 0 bridgehead atoms. The van der Waals surface area contributed by atoms with Crippen molar-refractivity contribution in [3.05, 3.63) is 46.4 Å². The minimum atomic E-state index is -0.645. The minimum absolute atomic E-state index is 0.177. The van der Waals surface area contributed by atoms with E-state index in [2.05, 4.69) is 5.32 Å². The molecule has 1 aliphatic rings. The van der Waals surface area contributed by atoms with E-state index < -0.39 is 11.7 Å². The highest BCUT2D eigenvalue weighted by atomic mass is 16.6. The molecule has 24 heavy (non-hydrogen) atoms. The second-order valence-corrected chi connectivity index (χ2v) is 7.30. The highest BCUT2D eigenvalue weighted by molar-refractivity contribution is 5.85. The summed E-state index contributed by atoms with van der Waals surface area (Å²) in [6, 6.07) is 9.36. The van der Waals surface area contributed by atoms with E-state index >= 15 is 0 Å². The van der Waals surface area contributed by atoms with Crippen molar-refractivity contribution >= 4 is 16.9 Å². The summed E-state index contributed by atoms with van der Waals surface area (Å²) in [4.78, 5) is 25.7. The first kappa shape index (κ1) is 16.7. The molecule has 5 heteroatoms. The number of hydrogen-bond donors (Lipinski definition) is 1. The molecular formula is C19H24N2O3. The maximum Gasteiger partial charge on any atom is 0.421 e. The molecule has 1 N–H and O–H groups in total. The Labute approximate surface area is 141 Å². The highest BCUT2D eigenvalue weighted by Crippen LogP contribution is 2.27. The van der Waals surface area contributed by atoms with Gasteiger partial charge in [0.2, 0.25) is 0 Å². The van der Waals surface area contributed by atoms with Gasteiger partial charge < -0.3 is 10.1 Å². The molecular weight excluding hydrogens is 304 g/mol. The Morgan fingerprint density at radius 3 is 2.54 bits per heavy atom. The summed E-state index contributed by atoms with van der Waals surface area (Å²) in [6.07, 6.45) is 1.22. The molecule has 0 unspecified atom stereocenters. The fourth-order valence-corrected chi connectivity index (χ4v) is 3.19. The summed E-state index contributed by atoms with van der Waals surface area (Å²) < 4.78 is 6.73. The standard InChI is InChI=1S/C19H24N2O3/c1-19(2,3)24-18(23)21-16(13-8-10-20-11-9-13)12-14-6-4-5-7-15(14)17(21)22/h4-7,12-13,20H,8-11H2,1-3H3. The molecule has 1 aromatic carbocycles. The van der Waals surface area contributed by atoms with E-state index in [1.165, 1.54) is 4.57 Å². The number of piperidine rings is 1. The van der Waals surface area contributed by atoms with Gasteiger partial charge in [-0.2, -0.15) is 0 Å². The number of nitrogens with zero attached hydrogens (tertiary/aromatic N) is 1. The van der Waals surface area contributed by atoms with Crippen LogP contribution in [0.2, 0.25) is 0 Å².